The van der Waals surface area contributed by atoms with Gasteiger partial charge < -0.3 is 10.6 Å². The van der Waals surface area contributed by atoms with Gasteiger partial charge in [0.25, 0.3) is 0 Å². The van der Waals surface area contributed by atoms with Crippen molar-refractivity contribution < 1.29 is 26.3 Å². The van der Waals surface area contributed by atoms with Crippen molar-refractivity contribution in [1.29, 1.82) is 0 Å². The van der Waals surface area contributed by atoms with E-state index in [1.165, 1.54) is 6.07 Å². The average Bonchev–Trinajstić information content (AvgIpc) is 3.45. The van der Waals surface area contributed by atoms with Crippen LogP contribution in [0.15, 0.2) is 24.3 Å². The predicted octanol–water partition coefficient (Wildman–Crippen LogP) is 6.35. The standard InChI is InChI=1S/C19H20F6N4/c1-3-10(2)26-17-28-15(11-4-5-11)9-16(29-17)27-14-7-6-12(18(20,21)22)8-13(14)19(23,24)25/h6-11H,3-5H2,1-2H3,(H2,26,27,28,29)/t10-/m1/s1. The molecule has 158 valence electrons. The van der Waals surface area contributed by atoms with E-state index >= 15 is 0 Å². The van der Waals surface area contributed by atoms with Crippen molar-refractivity contribution in [3.8, 4) is 0 Å². The maximum absolute atomic E-state index is 13.4. The van der Waals surface area contributed by atoms with Crippen LogP contribution in [-0.4, -0.2) is 16.0 Å². The number of anilines is 3. The van der Waals surface area contributed by atoms with Crippen LogP contribution < -0.4 is 10.6 Å². The number of rotatable bonds is 6. The zero-order valence-electron chi connectivity index (χ0n) is 15.7. The Kier molecular flexibility index (Phi) is 5.64. The number of halogens is 6. The number of nitrogens with zero attached hydrogens (tertiary/aromatic N) is 2. The van der Waals surface area contributed by atoms with E-state index in [1.54, 1.807) is 0 Å². The molecule has 1 aliphatic carbocycles. The van der Waals surface area contributed by atoms with Crippen molar-refractivity contribution in [2.75, 3.05) is 10.6 Å². The molecule has 1 aliphatic rings. The number of benzene rings is 1. The maximum atomic E-state index is 13.4. The van der Waals surface area contributed by atoms with E-state index in [9.17, 15) is 26.3 Å². The summed E-state index contributed by atoms with van der Waals surface area (Å²) in [6.07, 6.45) is -7.20. The SMILES string of the molecule is CC[C@@H](C)Nc1nc(Nc2ccc(C(F)(F)F)cc2C(F)(F)F)cc(C2CC2)n1. The van der Waals surface area contributed by atoms with E-state index in [2.05, 4.69) is 20.6 Å². The second kappa shape index (κ2) is 7.72. The molecule has 2 N–H and O–H groups in total. The van der Waals surface area contributed by atoms with Gasteiger partial charge in [-0.3, -0.25) is 0 Å². The van der Waals surface area contributed by atoms with Gasteiger partial charge in [0.2, 0.25) is 5.95 Å². The summed E-state index contributed by atoms with van der Waals surface area (Å²) in [5.41, 5.74) is -2.58. The summed E-state index contributed by atoms with van der Waals surface area (Å²) in [5, 5.41) is 5.62. The van der Waals surface area contributed by atoms with Crippen molar-refractivity contribution in [1.82, 2.24) is 9.97 Å². The molecule has 0 amide bonds. The Hall–Kier alpha value is -2.52. The van der Waals surface area contributed by atoms with E-state index < -0.39 is 29.2 Å². The first kappa shape index (κ1) is 21.2. The monoisotopic (exact) mass is 418 g/mol. The van der Waals surface area contributed by atoms with Crippen LogP contribution >= 0.6 is 0 Å². The molecule has 0 radical (unpaired) electrons. The summed E-state index contributed by atoms with van der Waals surface area (Å²) in [7, 11) is 0. The third-order valence-electron chi connectivity index (χ3n) is 4.64. The molecular formula is C19H20F6N4. The first-order chi connectivity index (χ1) is 13.5. The Morgan fingerprint density at radius 1 is 1.03 bits per heavy atom. The van der Waals surface area contributed by atoms with Crippen LogP contribution in [0, 0.1) is 0 Å². The van der Waals surface area contributed by atoms with E-state index in [0.29, 0.717) is 11.8 Å². The molecule has 0 bridgehead atoms. The summed E-state index contributed by atoms with van der Waals surface area (Å²) in [4.78, 5) is 8.61. The molecule has 1 atom stereocenters. The van der Waals surface area contributed by atoms with Crippen LogP contribution in [-0.2, 0) is 12.4 Å². The van der Waals surface area contributed by atoms with Crippen LogP contribution in [0.1, 0.15) is 55.8 Å². The van der Waals surface area contributed by atoms with Crippen molar-refractivity contribution in [3.05, 3.63) is 41.1 Å². The van der Waals surface area contributed by atoms with Crippen LogP contribution in [0.3, 0.4) is 0 Å². The molecule has 1 heterocycles. The van der Waals surface area contributed by atoms with E-state index in [0.717, 1.165) is 25.3 Å². The molecule has 0 spiro atoms. The maximum Gasteiger partial charge on any atom is 0.418 e. The average molecular weight is 418 g/mol. The topological polar surface area (TPSA) is 49.8 Å². The number of hydrogen-bond acceptors (Lipinski definition) is 4. The van der Waals surface area contributed by atoms with E-state index in [-0.39, 0.29) is 29.8 Å². The van der Waals surface area contributed by atoms with Crippen molar-refractivity contribution in [3.63, 3.8) is 0 Å². The molecule has 1 aromatic heterocycles. The molecule has 1 aromatic carbocycles. The number of hydrogen-bond donors (Lipinski definition) is 2. The van der Waals surface area contributed by atoms with Gasteiger partial charge in [0.05, 0.1) is 22.5 Å². The van der Waals surface area contributed by atoms with Gasteiger partial charge >= 0.3 is 12.4 Å². The van der Waals surface area contributed by atoms with Crippen molar-refractivity contribution in [2.45, 2.75) is 57.4 Å². The Morgan fingerprint density at radius 3 is 2.28 bits per heavy atom. The molecule has 0 saturated heterocycles. The molecule has 1 fully saturated rings. The van der Waals surface area contributed by atoms with Gasteiger partial charge in [-0.2, -0.15) is 31.3 Å². The highest BCUT2D eigenvalue weighted by Gasteiger charge is 2.38. The largest absolute Gasteiger partial charge is 0.418 e. The summed E-state index contributed by atoms with van der Waals surface area (Å²) < 4.78 is 78.7. The zero-order valence-corrected chi connectivity index (χ0v) is 15.7. The Balaban J connectivity index is 1.98. The molecule has 29 heavy (non-hydrogen) atoms. The van der Waals surface area contributed by atoms with Crippen molar-refractivity contribution >= 4 is 17.5 Å². The number of nitrogens with one attached hydrogen (secondary N) is 2. The van der Waals surface area contributed by atoms with Gasteiger partial charge in [0.15, 0.2) is 0 Å². The fourth-order valence-corrected chi connectivity index (χ4v) is 2.71. The second-order valence-corrected chi connectivity index (χ2v) is 7.11. The van der Waals surface area contributed by atoms with Gasteiger partial charge in [-0.25, -0.2) is 4.98 Å². The summed E-state index contributed by atoms with van der Waals surface area (Å²) in [6.45, 7) is 3.87. The quantitative estimate of drug-likeness (QED) is 0.537. The first-order valence-electron chi connectivity index (χ1n) is 9.18. The van der Waals surface area contributed by atoms with Gasteiger partial charge in [-0.1, -0.05) is 6.92 Å². The molecule has 4 nitrogen and oxygen atoms in total. The number of alkyl halides is 6. The highest BCUT2D eigenvalue weighted by atomic mass is 19.4. The Morgan fingerprint density at radius 2 is 1.72 bits per heavy atom. The Bertz CT molecular complexity index is 874. The summed E-state index contributed by atoms with van der Waals surface area (Å²) >= 11 is 0. The fourth-order valence-electron chi connectivity index (χ4n) is 2.71. The number of aromatic nitrogens is 2. The van der Waals surface area contributed by atoms with E-state index in [1.807, 2.05) is 13.8 Å². The minimum Gasteiger partial charge on any atom is -0.352 e. The van der Waals surface area contributed by atoms with E-state index in [4.69, 9.17) is 0 Å². The molecule has 10 heteroatoms. The molecular weight excluding hydrogens is 398 g/mol. The summed E-state index contributed by atoms with van der Waals surface area (Å²) in [6, 6.07) is 3.07. The molecule has 2 aromatic rings. The highest BCUT2D eigenvalue weighted by Crippen LogP contribution is 2.42. The smallest absolute Gasteiger partial charge is 0.352 e. The molecule has 1 saturated carbocycles. The van der Waals surface area contributed by atoms with Crippen molar-refractivity contribution in [2.24, 2.45) is 0 Å². The lowest BCUT2D eigenvalue weighted by Gasteiger charge is -2.18. The van der Waals surface area contributed by atoms with Crippen LogP contribution in [0.2, 0.25) is 0 Å². The summed E-state index contributed by atoms with van der Waals surface area (Å²) in [5.74, 6) is 0.579. The highest BCUT2D eigenvalue weighted by molar-refractivity contribution is 5.63. The Labute approximate surface area is 163 Å². The van der Waals surface area contributed by atoms with Gasteiger partial charge in [-0.05, 0) is 44.4 Å². The fraction of sp³-hybridized carbons (Fsp3) is 0.474. The normalized spacial score (nSPS) is 15.9. The lowest BCUT2D eigenvalue weighted by Crippen LogP contribution is -2.17. The lowest BCUT2D eigenvalue weighted by atomic mass is 10.1. The van der Waals surface area contributed by atoms with Gasteiger partial charge in [-0.15, -0.1) is 0 Å². The van der Waals surface area contributed by atoms with Crippen LogP contribution in [0.5, 0.6) is 0 Å². The lowest BCUT2D eigenvalue weighted by molar-refractivity contribution is -0.142. The minimum absolute atomic E-state index is 0.0501. The van der Waals surface area contributed by atoms with Crippen LogP contribution in [0.4, 0.5) is 43.8 Å². The third kappa shape index (κ3) is 5.30. The predicted molar refractivity (Wildman–Crippen MR) is 97.1 cm³/mol. The van der Waals surface area contributed by atoms with Gasteiger partial charge in [0, 0.05) is 18.0 Å². The van der Waals surface area contributed by atoms with Crippen LogP contribution in [0.25, 0.3) is 0 Å². The zero-order chi connectivity index (χ0) is 21.4. The first-order valence-corrected chi connectivity index (χ1v) is 9.18. The van der Waals surface area contributed by atoms with Gasteiger partial charge in [0.1, 0.15) is 5.82 Å². The third-order valence-corrected chi connectivity index (χ3v) is 4.64. The molecule has 0 unspecified atom stereocenters. The minimum atomic E-state index is -4.96. The molecule has 0 aliphatic heterocycles. The molecule has 3 rings (SSSR count). The second-order valence-electron chi connectivity index (χ2n) is 7.11.